The van der Waals surface area contributed by atoms with Crippen LogP contribution in [0.15, 0.2) is 60.2 Å². The summed E-state index contributed by atoms with van der Waals surface area (Å²) < 4.78 is 16.0. The third kappa shape index (κ3) is 3.72. The number of nitrogens with zero attached hydrogens (tertiary/aromatic N) is 2. The molecule has 0 aliphatic rings. The predicted molar refractivity (Wildman–Crippen MR) is 109 cm³/mol. The van der Waals surface area contributed by atoms with Gasteiger partial charge in [-0.25, -0.2) is 4.39 Å². The highest BCUT2D eigenvalue weighted by Crippen LogP contribution is 2.25. The summed E-state index contributed by atoms with van der Waals surface area (Å²) in [6.45, 7) is 5.57. The molecule has 0 aliphatic carbocycles. The average molecular weight is 373 g/mol. The first kappa shape index (κ1) is 19.1. The van der Waals surface area contributed by atoms with E-state index in [4.69, 9.17) is 0 Å². The van der Waals surface area contributed by atoms with Gasteiger partial charge in [-0.1, -0.05) is 30.3 Å². The number of halogens is 1. The topological polar surface area (TPSA) is 57.8 Å². The van der Waals surface area contributed by atoms with Gasteiger partial charge in [0.1, 0.15) is 17.5 Å². The molecule has 3 aromatic rings. The molecule has 0 unspecified atom stereocenters. The van der Waals surface area contributed by atoms with Crippen LogP contribution in [0.5, 0.6) is 0 Å². The van der Waals surface area contributed by atoms with E-state index in [1.54, 1.807) is 28.8 Å². The summed E-state index contributed by atoms with van der Waals surface area (Å²) in [6, 6.07) is 17.7. The van der Waals surface area contributed by atoms with E-state index in [1.165, 1.54) is 12.1 Å². The Morgan fingerprint density at radius 1 is 1.11 bits per heavy atom. The minimum Gasteiger partial charge on any atom is -0.321 e. The average Bonchev–Trinajstić information content (AvgIpc) is 2.95. The number of benzene rings is 2. The van der Waals surface area contributed by atoms with E-state index >= 15 is 0 Å². The van der Waals surface area contributed by atoms with Crippen molar-refractivity contribution in [3.05, 3.63) is 88.5 Å². The Bertz CT molecular complexity index is 1120. The molecule has 0 fully saturated rings. The van der Waals surface area contributed by atoms with Crippen LogP contribution in [0.3, 0.4) is 0 Å². The lowest BCUT2D eigenvalue weighted by Crippen LogP contribution is -2.14. The molecule has 28 heavy (non-hydrogen) atoms. The van der Waals surface area contributed by atoms with Crippen LogP contribution in [0.1, 0.15) is 22.5 Å². The molecule has 0 bridgehead atoms. The Morgan fingerprint density at radius 2 is 1.79 bits per heavy atom. The van der Waals surface area contributed by atoms with Crippen molar-refractivity contribution in [3.8, 4) is 11.8 Å². The quantitative estimate of drug-likeness (QED) is 0.512. The zero-order valence-electron chi connectivity index (χ0n) is 16.0. The fraction of sp³-hybridized carbons (Fsp3) is 0.130. The molecule has 1 heterocycles. The van der Waals surface area contributed by atoms with Gasteiger partial charge in [0.25, 0.3) is 5.91 Å². The number of nitrogens with one attached hydrogen (secondary N) is 1. The van der Waals surface area contributed by atoms with Crippen molar-refractivity contribution in [1.29, 1.82) is 5.26 Å². The summed E-state index contributed by atoms with van der Waals surface area (Å²) in [5.41, 5.74) is 4.23. The summed E-state index contributed by atoms with van der Waals surface area (Å²) in [4.78, 5) is 12.6. The smallest absolute Gasteiger partial charge is 0.266 e. The monoisotopic (exact) mass is 373 g/mol. The number of hydrogen-bond donors (Lipinski definition) is 1. The van der Waals surface area contributed by atoms with Crippen LogP contribution in [0.2, 0.25) is 0 Å². The maximum absolute atomic E-state index is 14.2. The maximum Gasteiger partial charge on any atom is 0.266 e. The van der Waals surface area contributed by atoms with Crippen LogP contribution in [0.4, 0.5) is 10.1 Å². The number of carbonyl (C=O) groups excluding carboxylic acids is 1. The number of para-hydroxylation sites is 2. The molecule has 5 heteroatoms. The highest BCUT2D eigenvalue weighted by molar-refractivity contribution is 6.10. The van der Waals surface area contributed by atoms with Gasteiger partial charge in [0.2, 0.25) is 0 Å². The van der Waals surface area contributed by atoms with E-state index in [0.29, 0.717) is 16.9 Å². The van der Waals surface area contributed by atoms with Crippen molar-refractivity contribution < 1.29 is 9.18 Å². The molecular weight excluding hydrogens is 353 g/mol. The highest BCUT2D eigenvalue weighted by Gasteiger charge is 2.15. The van der Waals surface area contributed by atoms with Crippen molar-refractivity contribution in [2.75, 3.05) is 5.32 Å². The van der Waals surface area contributed by atoms with E-state index in [2.05, 4.69) is 5.32 Å². The molecule has 2 aromatic carbocycles. The summed E-state index contributed by atoms with van der Waals surface area (Å²) in [5.74, 6) is -0.815. The van der Waals surface area contributed by atoms with E-state index in [0.717, 1.165) is 17.0 Å². The molecule has 1 N–H and O–H groups in total. The van der Waals surface area contributed by atoms with Gasteiger partial charge in [0.05, 0.1) is 5.69 Å². The molecule has 0 aliphatic heterocycles. The molecule has 0 saturated carbocycles. The van der Waals surface area contributed by atoms with Crippen LogP contribution < -0.4 is 5.32 Å². The Balaban J connectivity index is 1.97. The SMILES string of the molecule is Cc1ccccc1NC(=O)/C(C#N)=C/c1cc(C)n(-c2ccccc2F)c1C. The second-order valence-electron chi connectivity index (χ2n) is 6.55. The lowest BCUT2D eigenvalue weighted by molar-refractivity contribution is -0.112. The van der Waals surface area contributed by atoms with Crippen LogP contribution in [-0.2, 0) is 4.79 Å². The largest absolute Gasteiger partial charge is 0.321 e. The molecule has 0 atom stereocenters. The predicted octanol–water partition coefficient (Wildman–Crippen LogP) is 5.09. The second-order valence-corrected chi connectivity index (χ2v) is 6.55. The maximum atomic E-state index is 14.2. The van der Waals surface area contributed by atoms with Crippen molar-refractivity contribution >= 4 is 17.7 Å². The molecule has 0 radical (unpaired) electrons. The Kier molecular flexibility index (Phi) is 5.42. The first-order valence-corrected chi connectivity index (χ1v) is 8.85. The van der Waals surface area contributed by atoms with Crippen molar-refractivity contribution in [2.24, 2.45) is 0 Å². The van der Waals surface area contributed by atoms with Crippen LogP contribution in [-0.4, -0.2) is 10.5 Å². The highest BCUT2D eigenvalue weighted by atomic mass is 19.1. The minimum absolute atomic E-state index is 0.0166. The van der Waals surface area contributed by atoms with Gasteiger partial charge in [0.15, 0.2) is 0 Å². The number of nitriles is 1. The summed E-state index contributed by atoms with van der Waals surface area (Å²) in [5, 5.41) is 12.3. The van der Waals surface area contributed by atoms with Gasteiger partial charge in [-0.05, 0) is 62.2 Å². The van der Waals surface area contributed by atoms with E-state index in [-0.39, 0.29) is 11.4 Å². The van der Waals surface area contributed by atoms with Gasteiger partial charge >= 0.3 is 0 Å². The number of amides is 1. The zero-order chi connectivity index (χ0) is 20.3. The molecule has 1 amide bonds. The minimum atomic E-state index is -0.479. The first-order chi connectivity index (χ1) is 13.4. The van der Waals surface area contributed by atoms with E-state index < -0.39 is 5.91 Å². The van der Waals surface area contributed by atoms with Crippen molar-refractivity contribution in [2.45, 2.75) is 20.8 Å². The lowest BCUT2D eigenvalue weighted by atomic mass is 10.1. The van der Waals surface area contributed by atoms with Gasteiger partial charge in [-0.15, -0.1) is 0 Å². The molecule has 4 nitrogen and oxygen atoms in total. The standard InChI is InChI=1S/C23H20FN3O/c1-15-8-4-6-10-21(15)26-23(28)19(14-25)13-18-12-16(2)27(17(18)3)22-11-7-5-9-20(22)24/h4-13H,1-3H3,(H,26,28)/b19-13+. The molecule has 1 aromatic heterocycles. The number of hydrogen-bond acceptors (Lipinski definition) is 2. The molecule has 140 valence electrons. The summed E-state index contributed by atoms with van der Waals surface area (Å²) in [7, 11) is 0. The lowest BCUT2D eigenvalue weighted by Gasteiger charge is -2.10. The number of rotatable bonds is 4. The van der Waals surface area contributed by atoms with Gasteiger partial charge in [0, 0.05) is 17.1 Å². The van der Waals surface area contributed by atoms with Crippen LogP contribution in [0, 0.1) is 37.9 Å². The first-order valence-electron chi connectivity index (χ1n) is 8.85. The summed E-state index contributed by atoms with van der Waals surface area (Å²) in [6.07, 6.45) is 1.54. The molecule has 3 rings (SSSR count). The Morgan fingerprint density at radius 3 is 2.46 bits per heavy atom. The Hall–Kier alpha value is -3.65. The van der Waals surface area contributed by atoms with Gasteiger partial charge in [-0.3, -0.25) is 4.79 Å². The van der Waals surface area contributed by atoms with Gasteiger partial charge < -0.3 is 9.88 Å². The number of anilines is 1. The Labute approximate surface area is 163 Å². The molecular formula is C23H20FN3O. The number of aromatic nitrogens is 1. The van der Waals surface area contributed by atoms with E-state index in [9.17, 15) is 14.4 Å². The van der Waals surface area contributed by atoms with Gasteiger partial charge in [-0.2, -0.15) is 5.26 Å². The number of aryl methyl sites for hydroxylation is 2. The third-order valence-electron chi connectivity index (χ3n) is 4.62. The zero-order valence-corrected chi connectivity index (χ0v) is 16.0. The summed E-state index contributed by atoms with van der Waals surface area (Å²) >= 11 is 0. The van der Waals surface area contributed by atoms with Crippen LogP contribution >= 0.6 is 0 Å². The number of carbonyl (C=O) groups is 1. The van der Waals surface area contributed by atoms with Crippen LogP contribution in [0.25, 0.3) is 11.8 Å². The third-order valence-corrected chi connectivity index (χ3v) is 4.62. The molecule has 0 spiro atoms. The molecule has 0 saturated heterocycles. The fourth-order valence-electron chi connectivity index (χ4n) is 3.14. The fourth-order valence-corrected chi connectivity index (χ4v) is 3.14. The second kappa shape index (κ2) is 7.93. The van der Waals surface area contributed by atoms with Crippen molar-refractivity contribution in [1.82, 2.24) is 4.57 Å². The normalized spacial score (nSPS) is 11.2. The van der Waals surface area contributed by atoms with E-state index in [1.807, 2.05) is 51.1 Å². The van der Waals surface area contributed by atoms with Crippen molar-refractivity contribution in [3.63, 3.8) is 0 Å².